The van der Waals surface area contributed by atoms with Crippen LogP contribution in [0.25, 0.3) is 0 Å². The number of carbonyl (C=O) groups is 2. The Balaban J connectivity index is 1.66. The molecule has 1 heterocycles. The van der Waals surface area contributed by atoms with E-state index in [1.807, 2.05) is 0 Å². The summed E-state index contributed by atoms with van der Waals surface area (Å²) in [5, 5.41) is 0.374. The molecule has 0 atom stereocenters. The molecule has 1 aromatic heterocycles. The van der Waals surface area contributed by atoms with Gasteiger partial charge in [-0.1, -0.05) is 11.6 Å². The van der Waals surface area contributed by atoms with Gasteiger partial charge in [0, 0.05) is 12.1 Å². The Labute approximate surface area is 115 Å². The van der Waals surface area contributed by atoms with Crippen molar-refractivity contribution >= 4 is 23.4 Å². The molecule has 1 aromatic rings. The van der Waals surface area contributed by atoms with E-state index in [0.29, 0.717) is 5.15 Å². The Bertz CT molecular complexity index is 538. The van der Waals surface area contributed by atoms with Crippen molar-refractivity contribution in [2.45, 2.75) is 31.1 Å². The first-order valence-electron chi connectivity index (χ1n) is 6.34. The minimum atomic E-state index is -0.552. The quantitative estimate of drug-likeness (QED) is 0.648. The molecule has 2 fully saturated rings. The summed E-state index contributed by atoms with van der Waals surface area (Å²) in [4.78, 5) is 27.6. The van der Waals surface area contributed by atoms with E-state index in [2.05, 4.69) is 15.8 Å². The van der Waals surface area contributed by atoms with Crippen LogP contribution in [0.1, 0.15) is 31.2 Å². The van der Waals surface area contributed by atoms with E-state index < -0.39 is 5.41 Å². The zero-order valence-electron chi connectivity index (χ0n) is 10.3. The van der Waals surface area contributed by atoms with E-state index in [1.165, 1.54) is 0 Å². The van der Waals surface area contributed by atoms with Gasteiger partial charge in [0.2, 0.25) is 11.8 Å². The van der Waals surface area contributed by atoms with Gasteiger partial charge in [0.25, 0.3) is 0 Å². The Hall–Kier alpha value is -1.62. The van der Waals surface area contributed by atoms with Crippen LogP contribution in [0.2, 0.25) is 5.15 Å². The van der Waals surface area contributed by atoms with Crippen molar-refractivity contribution in [1.82, 2.24) is 15.8 Å². The van der Waals surface area contributed by atoms with Crippen LogP contribution in [-0.4, -0.2) is 16.8 Å². The average molecular weight is 280 g/mol. The fraction of sp³-hybridized carbons (Fsp3) is 0.462. The highest BCUT2D eigenvalue weighted by atomic mass is 35.5. The van der Waals surface area contributed by atoms with Crippen LogP contribution >= 0.6 is 11.6 Å². The first kappa shape index (κ1) is 12.4. The molecule has 3 rings (SSSR count). The molecule has 2 N–H and O–H groups in total. The highest BCUT2D eigenvalue weighted by Gasteiger charge is 2.51. The van der Waals surface area contributed by atoms with Gasteiger partial charge < -0.3 is 0 Å². The predicted molar refractivity (Wildman–Crippen MR) is 69.2 cm³/mol. The van der Waals surface area contributed by atoms with Crippen LogP contribution in [0, 0.1) is 5.92 Å². The van der Waals surface area contributed by atoms with E-state index in [1.54, 1.807) is 18.3 Å². The lowest BCUT2D eigenvalue weighted by atomic mass is 9.96. The Morgan fingerprint density at radius 1 is 1.32 bits per heavy atom. The number of rotatable bonds is 3. The van der Waals surface area contributed by atoms with Crippen LogP contribution in [0.4, 0.5) is 0 Å². The van der Waals surface area contributed by atoms with Crippen LogP contribution in [0.15, 0.2) is 18.3 Å². The lowest BCUT2D eigenvalue weighted by molar-refractivity contribution is -0.130. The summed E-state index contributed by atoms with van der Waals surface area (Å²) >= 11 is 5.85. The van der Waals surface area contributed by atoms with E-state index in [0.717, 1.165) is 31.2 Å². The van der Waals surface area contributed by atoms with Crippen molar-refractivity contribution < 1.29 is 9.59 Å². The van der Waals surface area contributed by atoms with E-state index in [9.17, 15) is 9.59 Å². The third-order valence-corrected chi connectivity index (χ3v) is 3.92. The molecule has 0 aliphatic heterocycles. The van der Waals surface area contributed by atoms with Gasteiger partial charge in [-0.25, -0.2) is 4.98 Å². The van der Waals surface area contributed by atoms with Crippen LogP contribution in [0.5, 0.6) is 0 Å². The van der Waals surface area contributed by atoms with Crippen molar-refractivity contribution in [2.24, 2.45) is 5.92 Å². The van der Waals surface area contributed by atoms with E-state index >= 15 is 0 Å². The molecular weight excluding hydrogens is 266 g/mol. The van der Waals surface area contributed by atoms with Gasteiger partial charge in [0.1, 0.15) is 5.15 Å². The lowest BCUT2D eigenvalue weighted by Crippen LogP contribution is -2.47. The summed E-state index contributed by atoms with van der Waals surface area (Å²) in [6.07, 6.45) is 4.93. The van der Waals surface area contributed by atoms with Crippen molar-refractivity contribution in [1.29, 1.82) is 0 Å². The second-order valence-corrected chi connectivity index (χ2v) is 5.55. The number of amides is 2. The van der Waals surface area contributed by atoms with Gasteiger partial charge in [-0.2, -0.15) is 0 Å². The Morgan fingerprint density at radius 3 is 2.63 bits per heavy atom. The number of nitrogens with zero attached hydrogens (tertiary/aromatic N) is 1. The zero-order valence-corrected chi connectivity index (χ0v) is 11.0. The monoisotopic (exact) mass is 279 g/mol. The van der Waals surface area contributed by atoms with E-state index in [4.69, 9.17) is 11.6 Å². The summed E-state index contributed by atoms with van der Waals surface area (Å²) in [6.45, 7) is 0. The molecule has 2 saturated carbocycles. The average Bonchev–Trinajstić information content (AvgIpc) is 3.29. The number of pyridine rings is 1. The Morgan fingerprint density at radius 2 is 2.05 bits per heavy atom. The normalized spacial score (nSPS) is 19.6. The fourth-order valence-corrected chi connectivity index (χ4v) is 2.33. The number of carbonyl (C=O) groups excluding carboxylic acids is 2. The number of aromatic nitrogens is 1. The van der Waals surface area contributed by atoms with Crippen molar-refractivity contribution in [3.8, 4) is 0 Å². The molecular formula is C13H14ClN3O2. The molecule has 0 saturated heterocycles. The number of halogens is 1. The largest absolute Gasteiger partial charge is 0.273 e. The molecule has 100 valence electrons. The predicted octanol–water partition coefficient (Wildman–Crippen LogP) is 1.32. The van der Waals surface area contributed by atoms with Gasteiger partial charge in [-0.05, 0) is 43.4 Å². The van der Waals surface area contributed by atoms with Crippen molar-refractivity contribution in [3.63, 3.8) is 0 Å². The minimum absolute atomic E-state index is 0.0748. The SMILES string of the molecule is O=C(NNC(=O)C1(c2ccnc(Cl)c2)CC1)C1CC1. The van der Waals surface area contributed by atoms with Gasteiger partial charge >= 0.3 is 0 Å². The van der Waals surface area contributed by atoms with E-state index in [-0.39, 0.29) is 17.7 Å². The van der Waals surface area contributed by atoms with Gasteiger partial charge in [-0.3, -0.25) is 20.4 Å². The van der Waals surface area contributed by atoms with Gasteiger partial charge in [0.15, 0.2) is 0 Å². The first-order valence-corrected chi connectivity index (χ1v) is 6.72. The highest BCUT2D eigenvalue weighted by Crippen LogP contribution is 2.48. The maximum atomic E-state index is 12.2. The van der Waals surface area contributed by atoms with Crippen LogP contribution < -0.4 is 10.9 Å². The second-order valence-electron chi connectivity index (χ2n) is 5.17. The molecule has 6 heteroatoms. The zero-order chi connectivity index (χ0) is 13.5. The Kier molecular flexibility index (Phi) is 2.93. The lowest BCUT2D eigenvalue weighted by Gasteiger charge is -2.16. The molecule has 2 aliphatic carbocycles. The summed E-state index contributed by atoms with van der Waals surface area (Å²) < 4.78 is 0. The molecule has 5 nitrogen and oxygen atoms in total. The topological polar surface area (TPSA) is 71.1 Å². The summed E-state index contributed by atoms with van der Waals surface area (Å²) in [5.74, 6) is -0.202. The second kappa shape index (κ2) is 4.49. The summed E-state index contributed by atoms with van der Waals surface area (Å²) in [6, 6.07) is 3.50. The summed E-state index contributed by atoms with van der Waals surface area (Å²) in [5.41, 5.74) is 5.31. The highest BCUT2D eigenvalue weighted by molar-refractivity contribution is 6.29. The molecule has 0 bridgehead atoms. The standard InChI is InChI=1S/C13H14ClN3O2/c14-10-7-9(3-6-15-10)13(4-5-13)12(19)17-16-11(18)8-1-2-8/h3,6-8H,1-2,4-5H2,(H,16,18)(H,17,19). The summed E-state index contributed by atoms with van der Waals surface area (Å²) in [7, 11) is 0. The first-order chi connectivity index (χ1) is 9.12. The molecule has 0 radical (unpaired) electrons. The smallest absolute Gasteiger partial charge is 0.249 e. The molecule has 0 aromatic carbocycles. The molecule has 19 heavy (non-hydrogen) atoms. The van der Waals surface area contributed by atoms with Crippen molar-refractivity contribution in [3.05, 3.63) is 29.0 Å². The van der Waals surface area contributed by atoms with Crippen molar-refractivity contribution in [2.75, 3.05) is 0 Å². The molecule has 2 aliphatic rings. The molecule has 2 amide bonds. The number of hydrogen-bond donors (Lipinski definition) is 2. The fourth-order valence-electron chi connectivity index (χ4n) is 2.16. The number of nitrogens with one attached hydrogen (secondary N) is 2. The maximum absolute atomic E-state index is 12.2. The number of hydrogen-bond acceptors (Lipinski definition) is 3. The maximum Gasteiger partial charge on any atom is 0.249 e. The number of hydrazine groups is 1. The van der Waals surface area contributed by atoms with Gasteiger partial charge in [0.05, 0.1) is 5.41 Å². The third-order valence-electron chi connectivity index (χ3n) is 3.71. The molecule has 0 unspecified atom stereocenters. The van der Waals surface area contributed by atoms with Gasteiger partial charge in [-0.15, -0.1) is 0 Å². The molecule has 0 spiro atoms. The van der Waals surface area contributed by atoms with Crippen LogP contribution in [-0.2, 0) is 15.0 Å². The minimum Gasteiger partial charge on any atom is -0.273 e. The van der Waals surface area contributed by atoms with Crippen LogP contribution in [0.3, 0.4) is 0 Å². The third kappa shape index (κ3) is 2.42.